The predicted octanol–water partition coefficient (Wildman–Crippen LogP) is 5.62. The summed E-state index contributed by atoms with van der Waals surface area (Å²) in [6, 6.07) is 20.4. The van der Waals surface area contributed by atoms with Crippen molar-refractivity contribution < 1.29 is 18.0 Å². The smallest absolute Gasteiger partial charge is 0.244 e. The Kier molecular flexibility index (Phi) is 11.4. The van der Waals surface area contributed by atoms with Gasteiger partial charge in [-0.1, -0.05) is 79.0 Å². The van der Waals surface area contributed by atoms with Crippen LogP contribution < -0.4 is 9.62 Å². The monoisotopic (exact) mass is 603 g/mol. The summed E-state index contributed by atoms with van der Waals surface area (Å²) in [4.78, 5) is 29.1. The van der Waals surface area contributed by atoms with Gasteiger partial charge in [-0.15, -0.1) is 0 Å². The first-order chi connectivity index (χ1) is 19.0. The van der Waals surface area contributed by atoms with Gasteiger partial charge in [0.1, 0.15) is 12.6 Å². The van der Waals surface area contributed by atoms with Crippen LogP contribution in [0.2, 0.25) is 10.0 Å². The van der Waals surface area contributed by atoms with E-state index < -0.39 is 28.5 Å². The minimum atomic E-state index is -3.86. The van der Waals surface area contributed by atoms with E-state index in [0.29, 0.717) is 27.8 Å². The van der Waals surface area contributed by atoms with Gasteiger partial charge in [0.25, 0.3) is 0 Å². The first-order valence-corrected chi connectivity index (χ1v) is 15.7. The molecule has 0 aliphatic rings. The van der Waals surface area contributed by atoms with Crippen LogP contribution >= 0.6 is 23.2 Å². The maximum absolute atomic E-state index is 14.1. The highest BCUT2D eigenvalue weighted by atomic mass is 35.5. The van der Waals surface area contributed by atoms with Gasteiger partial charge in [-0.3, -0.25) is 13.9 Å². The Bertz CT molecular complexity index is 1400. The van der Waals surface area contributed by atoms with Crippen molar-refractivity contribution in [1.82, 2.24) is 10.2 Å². The number of benzene rings is 3. The predicted molar refractivity (Wildman–Crippen MR) is 162 cm³/mol. The second-order valence-corrected chi connectivity index (χ2v) is 12.5. The average Bonchev–Trinajstić information content (AvgIpc) is 2.90. The van der Waals surface area contributed by atoms with Crippen molar-refractivity contribution >= 4 is 50.7 Å². The summed E-state index contributed by atoms with van der Waals surface area (Å²) in [5.41, 5.74) is 2.58. The van der Waals surface area contributed by atoms with Gasteiger partial charge in [0, 0.05) is 29.6 Å². The third-order valence-corrected chi connectivity index (χ3v) is 8.09. The summed E-state index contributed by atoms with van der Waals surface area (Å²) in [6.07, 6.45) is 3.02. The van der Waals surface area contributed by atoms with Crippen molar-refractivity contribution in [3.63, 3.8) is 0 Å². The highest BCUT2D eigenvalue weighted by Crippen LogP contribution is 2.26. The van der Waals surface area contributed by atoms with E-state index in [1.807, 2.05) is 37.3 Å². The Morgan fingerprint density at radius 3 is 2.17 bits per heavy atom. The SMILES string of the molecule is CCCCNC(=O)[C@@H](Cc1ccccc1)N(Cc1ccc(Cl)cc1)C(=O)CN(c1ccc(Cl)cc1C)S(C)(=O)=O. The minimum absolute atomic E-state index is 0.0892. The highest BCUT2D eigenvalue weighted by molar-refractivity contribution is 7.92. The first kappa shape index (κ1) is 31.5. The van der Waals surface area contributed by atoms with Gasteiger partial charge in [-0.25, -0.2) is 8.42 Å². The number of carbonyl (C=O) groups excluding carboxylic acids is 2. The van der Waals surface area contributed by atoms with Crippen molar-refractivity contribution in [1.29, 1.82) is 0 Å². The molecule has 0 bridgehead atoms. The largest absolute Gasteiger partial charge is 0.354 e. The number of hydrogen-bond donors (Lipinski definition) is 1. The van der Waals surface area contributed by atoms with E-state index in [-0.39, 0.29) is 18.9 Å². The fourth-order valence-electron chi connectivity index (χ4n) is 4.34. The molecule has 0 unspecified atom stereocenters. The molecule has 0 saturated carbocycles. The van der Waals surface area contributed by atoms with E-state index in [1.165, 1.54) is 4.90 Å². The molecule has 3 aromatic carbocycles. The quantitative estimate of drug-likeness (QED) is 0.257. The van der Waals surface area contributed by atoms with E-state index in [9.17, 15) is 18.0 Å². The van der Waals surface area contributed by atoms with Crippen LogP contribution in [0.4, 0.5) is 5.69 Å². The Labute approximate surface area is 247 Å². The van der Waals surface area contributed by atoms with Gasteiger partial charge in [0.05, 0.1) is 11.9 Å². The number of hydrogen-bond acceptors (Lipinski definition) is 4. The molecule has 2 amide bonds. The van der Waals surface area contributed by atoms with E-state index in [1.54, 1.807) is 49.4 Å². The number of rotatable bonds is 13. The Hall–Kier alpha value is -3.07. The molecule has 0 heterocycles. The second kappa shape index (κ2) is 14.5. The number of nitrogens with one attached hydrogen (secondary N) is 1. The molecule has 3 rings (SSSR count). The van der Waals surface area contributed by atoms with Crippen LogP contribution in [0.25, 0.3) is 0 Å². The molecular formula is C30H35Cl2N3O4S. The fourth-order valence-corrected chi connectivity index (χ4v) is 5.60. The Morgan fingerprint density at radius 1 is 0.925 bits per heavy atom. The van der Waals surface area contributed by atoms with Crippen LogP contribution in [-0.4, -0.2) is 50.5 Å². The van der Waals surface area contributed by atoms with Crippen LogP contribution in [0.3, 0.4) is 0 Å². The number of carbonyl (C=O) groups is 2. The van der Waals surface area contributed by atoms with E-state index in [4.69, 9.17) is 23.2 Å². The van der Waals surface area contributed by atoms with Gasteiger partial charge in [0.15, 0.2) is 0 Å². The lowest BCUT2D eigenvalue weighted by Crippen LogP contribution is -2.53. The molecule has 0 spiro atoms. The van der Waals surface area contributed by atoms with E-state index in [0.717, 1.165) is 34.5 Å². The third kappa shape index (κ3) is 8.98. The number of unbranched alkanes of at least 4 members (excludes halogenated alkanes) is 1. The number of sulfonamides is 1. The Balaban J connectivity index is 2.04. The minimum Gasteiger partial charge on any atom is -0.354 e. The molecule has 10 heteroatoms. The first-order valence-electron chi connectivity index (χ1n) is 13.1. The maximum atomic E-state index is 14.1. The van der Waals surface area contributed by atoms with Crippen LogP contribution in [-0.2, 0) is 32.6 Å². The van der Waals surface area contributed by atoms with Crippen LogP contribution in [0, 0.1) is 6.92 Å². The van der Waals surface area contributed by atoms with Crippen molar-refractivity contribution in [2.45, 2.75) is 45.7 Å². The van der Waals surface area contributed by atoms with Crippen LogP contribution in [0.5, 0.6) is 0 Å². The number of aryl methyl sites for hydroxylation is 1. The molecule has 0 radical (unpaired) electrons. The average molecular weight is 605 g/mol. The topological polar surface area (TPSA) is 86.8 Å². The van der Waals surface area contributed by atoms with E-state index in [2.05, 4.69) is 5.32 Å². The maximum Gasteiger partial charge on any atom is 0.244 e. The van der Waals surface area contributed by atoms with Crippen molar-refractivity contribution in [3.05, 3.63) is 99.5 Å². The lowest BCUT2D eigenvalue weighted by molar-refractivity contribution is -0.140. The summed E-state index contributed by atoms with van der Waals surface area (Å²) in [5, 5.41) is 3.96. The van der Waals surface area contributed by atoms with Crippen LogP contribution in [0.15, 0.2) is 72.8 Å². The van der Waals surface area contributed by atoms with Crippen molar-refractivity contribution in [2.24, 2.45) is 0 Å². The molecule has 40 heavy (non-hydrogen) atoms. The second-order valence-electron chi connectivity index (χ2n) is 9.70. The summed E-state index contributed by atoms with van der Waals surface area (Å²) >= 11 is 12.2. The lowest BCUT2D eigenvalue weighted by atomic mass is 10.0. The molecular weight excluding hydrogens is 569 g/mol. The Morgan fingerprint density at radius 2 is 1.57 bits per heavy atom. The van der Waals surface area contributed by atoms with Gasteiger partial charge < -0.3 is 10.2 Å². The van der Waals surface area contributed by atoms with Crippen LogP contribution in [0.1, 0.15) is 36.5 Å². The molecule has 0 aliphatic carbocycles. The molecule has 7 nitrogen and oxygen atoms in total. The molecule has 214 valence electrons. The summed E-state index contributed by atoms with van der Waals surface area (Å²) in [5.74, 6) is -0.811. The number of halogens is 2. The van der Waals surface area contributed by atoms with E-state index >= 15 is 0 Å². The van der Waals surface area contributed by atoms with Gasteiger partial charge in [-0.05, 0) is 60.4 Å². The summed E-state index contributed by atoms with van der Waals surface area (Å²) < 4.78 is 26.9. The molecule has 0 saturated heterocycles. The third-order valence-electron chi connectivity index (χ3n) is 6.47. The lowest BCUT2D eigenvalue weighted by Gasteiger charge is -2.34. The fraction of sp³-hybridized carbons (Fsp3) is 0.333. The molecule has 0 aromatic heterocycles. The zero-order valence-electron chi connectivity index (χ0n) is 22.9. The van der Waals surface area contributed by atoms with Gasteiger partial charge >= 0.3 is 0 Å². The standard InChI is InChI=1S/C30H35Cl2N3O4S/c1-4-5-17-33-30(37)28(19-23-9-7-6-8-10-23)34(20-24-11-13-25(31)14-12-24)29(36)21-35(40(3,38)39)27-16-15-26(32)18-22(27)2/h6-16,18,28H,4-5,17,19-21H2,1-3H3,(H,33,37)/t28-/m1/s1. The van der Waals surface area contributed by atoms with Crippen molar-refractivity contribution in [3.8, 4) is 0 Å². The number of nitrogens with zero attached hydrogens (tertiary/aromatic N) is 2. The molecule has 0 fully saturated rings. The van der Waals surface area contributed by atoms with Gasteiger partial charge in [-0.2, -0.15) is 0 Å². The zero-order chi connectivity index (χ0) is 29.3. The normalized spacial score (nSPS) is 12.0. The zero-order valence-corrected chi connectivity index (χ0v) is 25.3. The summed E-state index contributed by atoms with van der Waals surface area (Å²) in [6.45, 7) is 3.84. The summed E-state index contributed by atoms with van der Waals surface area (Å²) in [7, 11) is -3.86. The molecule has 1 atom stereocenters. The van der Waals surface area contributed by atoms with Crippen molar-refractivity contribution in [2.75, 3.05) is 23.7 Å². The highest BCUT2D eigenvalue weighted by Gasteiger charge is 2.33. The number of amides is 2. The molecule has 0 aliphatic heterocycles. The van der Waals surface area contributed by atoms with Gasteiger partial charge in [0.2, 0.25) is 21.8 Å². The molecule has 1 N–H and O–H groups in total. The molecule has 3 aromatic rings. The number of anilines is 1.